The highest BCUT2D eigenvalue weighted by atomic mass is 16.5. The van der Waals surface area contributed by atoms with Gasteiger partial charge in [0.15, 0.2) is 22.9 Å². The first-order valence-corrected chi connectivity index (χ1v) is 10.3. The lowest BCUT2D eigenvalue weighted by Gasteiger charge is -2.23. The molecule has 0 radical (unpaired) electrons. The summed E-state index contributed by atoms with van der Waals surface area (Å²) in [5, 5.41) is 0.267. The van der Waals surface area contributed by atoms with Gasteiger partial charge < -0.3 is 19.6 Å². The maximum Gasteiger partial charge on any atom is 0.253 e. The molecule has 1 aliphatic carbocycles. The highest BCUT2D eigenvalue weighted by Gasteiger charge is 2.40. The number of nitrogens with two attached hydrogens (primary N) is 1. The average Bonchev–Trinajstić information content (AvgIpc) is 3.11. The van der Waals surface area contributed by atoms with Crippen LogP contribution in [0.3, 0.4) is 0 Å². The minimum atomic E-state index is -0.714. The van der Waals surface area contributed by atoms with E-state index < -0.39 is 5.91 Å². The maximum absolute atomic E-state index is 13.6. The second-order valence-corrected chi connectivity index (χ2v) is 7.41. The zero-order chi connectivity index (χ0) is 22.3. The van der Waals surface area contributed by atoms with Gasteiger partial charge in [0.25, 0.3) is 5.91 Å². The summed E-state index contributed by atoms with van der Waals surface area (Å²) in [5.74, 6) is -0.893. The molecule has 2 N–H and O–H groups in total. The Bertz CT molecular complexity index is 1240. The van der Waals surface area contributed by atoms with E-state index in [2.05, 4.69) is 0 Å². The van der Waals surface area contributed by atoms with Crippen molar-refractivity contribution in [2.24, 2.45) is 5.73 Å². The number of furan rings is 1. The van der Waals surface area contributed by atoms with Crippen molar-refractivity contribution in [2.75, 3.05) is 13.2 Å². The van der Waals surface area contributed by atoms with Crippen molar-refractivity contribution in [3.05, 3.63) is 57.8 Å². The molecule has 1 heterocycles. The first kappa shape index (κ1) is 20.7. The molecule has 0 saturated carbocycles. The SMILES string of the molecule is CCCOc1c2c(c(OCCC)c3c(C(N)=O)c(C)oc13)C(=O)c1ccccc1C2=O. The number of aryl methyl sites for hydroxylation is 1. The van der Waals surface area contributed by atoms with Gasteiger partial charge >= 0.3 is 0 Å². The molecule has 2 aromatic carbocycles. The number of rotatable bonds is 7. The van der Waals surface area contributed by atoms with Gasteiger partial charge in [-0.05, 0) is 19.8 Å². The fraction of sp³-hybridized carbons (Fsp3) is 0.292. The lowest BCUT2D eigenvalue weighted by Crippen LogP contribution is -2.24. The summed E-state index contributed by atoms with van der Waals surface area (Å²) in [6.07, 6.45) is 1.33. The third kappa shape index (κ3) is 3.08. The molecule has 4 rings (SSSR count). The Hall–Kier alpha value is -3.61. The maximum atomic E-state index is 13.6. The Balaban J connectivity index is 2.18. The molecule has 0 aliphatic heterocycles. The molecule has 1 aliphatic rings. The van der Waals surface area contributed by atoms with Crippen LogP contribution in [0.1, 0.15) is 74.7 Å². The predicted molar refractivity (Wildman–Crippen MR) is 114 cm³/mol. The molecule has 0 bridgehead atoms. The molecule has 0 spiro atoms. The third-order valence-corrected chi connectivity index (χ3v) is 5.24. The second kappa shape index (κ2) is 7.91. The zero-order valence-electron chi connectivity index (χ0n) is 17.7. The van der Waals surface area contributed by atoms with Gasteiger partial charge in [-0.2, -0.15) is 0 Å². The van der Waals surface area contributed by atoms with Gasteiger partial charge in [0.1, 0.15) is 11.5 Å². The number of hydrogen-bond donors (Lipinski definition) is 1. The van der Waals surface area contributed by atoms with Gasteiger partial charge in [0.05, 0.1) is 35.3 Å². The summed E-state index contributed by atoms with van der Waals surface area (Å²) in [6, 6.07) is 6.62. The molecule has 0 saturated heterocycles. The van der Waals surface area contributed by atoms with Crippen LogP contribution in [0.5, 0.6) is 11.5 Å². The summed E-state index contributed by atoms with van der Waals surface area (Å²) < 4.78 is 17.8. The van der Waals surface area contributed by atoms with Gasteiger partial charge in [-0.1, -0.05) is 38.1 Å². The number of primary amides is 1. The van der Waals surface area contributed by atoms with Crippen molar-refractivity contribution >= 4 is 28.4 Å². The Kier molecular flexibility index (Phi) is 5.27. The monoisotopic (exact) mass is 421 g/mol. The first-order valence-electron chi connectivity index (χ1n) is 10.3. The van der Waals surface area contributed by atoms with E-state index >= 15 is 0 Å². The second-order valence-electron chi connectivity index (χ2n) is 7.41. The van der Waals surface area contributed by atoms with Crippen molar-refractivity contribution in [2.45, 2.75) is 33.6 Å². The van der Waals surface area contributed by atoms with Crippen LogP contribution < -0.4 is 15.2 Å². The molecule has 7 heteroatoms. The van der Waals surface area contributed by atoms with E-state index in [-0.39, 0.29) is 68.7 Å². The van der Waals surface area contributed by atoms with Gasteiger partial charge in [0.2, 0.25) is 0 Å². The number of ether oxygens (including phenoxy) is 2. The standard InChI is InChI=1S/C24H23NO6/c1-4-10-29-21-16-17(20(27)14-9-7-6-8-13(14)19(16)26)22(30-11-5-2)23-18(21)15(24(25)28)12(3)31-23/h6-9H,4-5,10-11H2,1-3H3,(H2,25,28). The number of carbonyl (C=O) groups is 3. The first-order chi connectivity index (χ1) is 14.9. The molecule has 1 amide bonds. The van der Waals surface area contributed by atoms with Crippen LogP contribution in [0.4, 0.5) is 0 Å². The third-order valence-electron chi connectivity index (χ3n) is 5.24. The van der Waals surface area contributed by atoms with E-state index in [1.807, 2.05) is 13.8 Å². The summed E-state index contributed by atoms with van der Waals surface area (Å²) in [7, 11) is 0. The Labute approximate surface area is 179 Å². The van der Waals surface area contributed by atoms with Crippen LogP contribution in [0.25, 0.3) is 11.0 Å². The normalized spacial score (nSPS) is 12.6. The van der Waals surface area contributed by atoms with Crippen LogP contribution in [0.2, 0.25) is 0 Å². The van der Waals surface area contributed by atoms with Crippen molar-refractivity contribution in [1.82, 2.24) is 0 Å². The Morgan fingerprint density at radius 2 is 1.45 bits per heavy atom. The summed E-state index contributed by atoms with van der Waals surface area (Å²) in [4.78, 5) is 39.3. The molecule has 0 fully saturated rings. The van der Waals surface area contributed by atoms with Crippen LogP contribution in [0, 0.1) is 6.92 Å². The minimum absolute atomic E-state index is 0.0825. The van der Waals surface area contributed by atoms with Gasteiger partial charge in [-0.3, -0.25) is 14.4 Å². The number of benzene rings is 2. The van der Waals surface area contributed by atoms with Crippen LogP contribution in [-0.4, -0.2) is 30.7 Å². The molecule has 3 aromatic rings. The number of amides is 1. The van der Waals surface area contributed by atoms with Crippen molar-refractivity contribution < 1.29 is 28.3 Å². The molecule has 0 atom stereocenters. The summed E-state index contributed by atoms with van der Waals surface area (Å²) in [5.41, 5.74) is 6.69. The van der Waals surface area contributed by atoms with Crippen LogP contribution >= 0.6 is 0 Å². The van der Waals surface area contributed by atoms with Gasteiger partial charge in [-0.25, -0.2) is 0 Å². The molecule has 160 valence electrons. The molecular weight excluding hydrogens is 398 g/mol. The van der Waals surface area contributed by atoms with Crippen molar-refractivity contribution in [3.63, 3.8) is 0 Å². The van der Waals surface area contributed by atoms with E-state index in [4.69, 9.17) is 19.6 Å². The lowest BCUT2D eigenvalue weighted by atomic mass is 9.82. The molecule has 31 heavy (non-hydrogen) atoms. The Morgan fingerprint density at radius 3 is 1.97 bits per heavy atom. The topological polar surface area (TPSA) is 109 Å². The Morgan fingerprint density at radius 1 is 0.935 bits per heavy atom. The number of hydrogen-bond acceptors (Lipinski definition) is 6. The zero-order valence-corrected chi connectivity index (χ0v) is 17.7. The molecule has 0 unspecified atom stereocenters. The largest absolute Gasteiger partial charge is 0.492 e. The van der Waals surface area contributed by atoms with E-state index in [0.29, 0.717) is 25.0 Å². The summed E-state index contributed by atoms with van der Waals surface area (Å²) in [6.45, 7) is 6.02. The molecular formula is C24H23NO6. The fourth-order valence-electron chi connectivity index (χ4n) is 3.96. The molecule has 7 nitrogen and oxygen atoms in total. The minimum Gasteiger partial charge on any atom is -0.492 e. The number of carbonyl (C=O) groups excluding carboxylic acids is 3. The van der Waals surface area contributed by atoms with Crippen LogP contribution in [0.15, 0.2) is 28.7 Å². The van der Waals surface area contributed by atoms with E-state index in [1.165, 1.54) is 0 Å². The van der Waals surface area contributed by atoms with Gasteiger partial charge in [0, 0.05) is 11.1 Å². The van der Waals surface area contributed by atoms with Crippen LogP contribution in [-0.2, 0) is 0 Å². The van der Waals surface area contributed by atoms with Gasteiger partial charge in [-0.15, -0.1) is 0 Å². The van der Waals surface area contributed by atoms with Crippen molar-refractivity contribution in [1.29, 1.82) is 0 Å². The fourth-order valence-corrected chi connectivity index (χ4v) is 3.96. The predicted octanol–water partition coefficient (Wildman–Crippen LogP) is 4.19. The highest BCUT2D eigenvalue weighted by molar-refractivity contribution is 6.33. The van der Waals surface area contributed by atoms with Crippen molar-refractivity contribution in [3.8, 4) is 11.5 Å². The quantitative estimate of drug-likeness (QED) is 0.479. The summed E-state index contributed by atoms with van der Waals surface area (Å²) >= 11 is 0. The molecule has 1 aromatic heterocycles. The average molecular weight is 421 g/mol. The van der Waals surface area contributed by atoms with E-state index in [0.717, 1.165) is 0 Å². The van der Waals surface area contributed by atoms with E-state index in [1.54, 1.807) is 31.2 Å². The number of ketones is 2. The highest BCUT2D eigenvalue weighted by Crippen LogP contribution is 2.48. The number of fused-ring (bicyclic) bond motifs is 3. The van der Waals surface area contributed by atoms with E-state index in [9.17, 15) is 14.4 Å². The lowest BCUT2D eigenvalue weighted by molar-refractivity contribution is 0.0972. The smallest absolute Gasteiger partial charge is 0.253 e.